The van der Waals surface area contributed by atoms with Crippen LogP contribution in [0.2, 0.25) is 5.02 Å². The van der Waals surface area contributed by atoms with Gasteiger partial charge in [-0.2, -0.15) is 5.26 Å². The van der Waals surface area contributed by atoms with Crippen LogP contribution in [0.5, 0.6) is 11.5 Å². The van der Waals surface area contributed by atoms with Gasteiger partial charge in [0.15, 0.2) is 11.5 Å². The Morgan fingerprint density at radius 2 is 1.98 bits per heavy atom. The van der Waals surface area contributed by atoms with Crippen molar-refractivity contribution in [2.45, 2.75) is 13.0 Å². The zero-order valence-corrected chi connectivity index (χ0v) is 23.1. The Kier molecular flexibility index (Phi) is 8.50. The summed E-state index contributed by atoms with van der Waals surface area (Å²) in [7, 11) is 1.57. The number of para-hydroxylation sites is 1. The molecule has 2 aromatic carbocycles. The summed E-state index contributed by atoms with van der Waals surface area (Å²) in [5, 5.41) is 14.6. The predicted molar refractivity (Wildman–Crippen MR) is 152 cm³/mol. The third-order valence-corrected chi connectivity index (χ3v) is 7.13. The number of esters is 1. The zero-order valence-electron chi connectivity index (χ0n) is 22.3. The van der Waals surface area contributed by atoms with Crippen LogP contribution in [0, 0.1) is 11.3 Å². The van der Waals surface area contributed by atoms with Gasteiger partial charge in [0.25, 0.3) is 0 Å². The number of rotatable bonds is 10. The maximum atomic E-state index is 11.8. The topological polar surface area (TPSA) is 129 Å². The van der Waals surface area contributed by atoms with E-state index in [-0.39, 0.29) is 12.6 Å². The summed E-state index contributed by atoms with van der Waals surface area (Å²) in [5.41, 5.74) is 2.35. The number of carbonyl (C=O) groups is 1. The van der Waals surface area contributed by atoms with E-state index in [1.807, 2.05) is 24.3 Å². The average molecular weight is 564 g/mol. The van der Waals surface area contributed by atoms with Crippen LogP contribution in [0.3, 0.4) is 0 Å². The number of fused-ring (bicyclic) bond motifs is 2. The van der Waals surface area contributed by atoms with Crippen molar-refractivity contribution in [1.82, 2.24) is 24.8 Å². The maximum absolute atomic E-state index is 11.8. The fourth-order valence-corrected chi connectivity index (χ4v) is 5.06. The Labute approximate surface area is 236 Å². The number of hydrogen-bond acceptors (Lipinski definition) is 10. The molecule has 0 amide bonds. The van der Waals surface area contributed by atoms with E-state index < -0.39 is 6.10 Å². The van der Waals surface area contributed by atoms with E-state index in [2.05, 4.69) is 36.1 Å². The number of nitriles is 1. The summed E-state index contributed by atoms with van der Waals surface area (Å²) >= 11 is 6.29. The molecule has 1 unspecified atom stereocenters. The van der Waals surface area contributed by atoms with Crippen LogP contribution in [0.1, 0.15) is 6.92 Å². The lowest BCUT2D eigenvalue weighted by molar-refractivity contribution is -0.149. The highest BCUT2D eigenvalue weighted by Gasteiger charge is 2.23. The Morgan fingerprint density at radius 1 is 1.18 bits per heavy atom. The van der Waals surface area contributed by atoms with Gasteiger partial charge >= 0.3 is 5.97 Å². The van der Waals surface area contributed by atoms with Crippen LogP contribution >= 0.6 is 11.6 Å². The molecular weight excluding hydrogens is 534 g/mol. The van der Waals surface area contributed by atoms with Gasteiger partial charge < -0.3 is 24.5 Å². The van der Waals surface area contributed by atoms with Crippen molar-refractivity contribution in [3.63, 3.8) is 0 Å². The van der Waals surface area contributed by atoms with Crippen LogP contribution in [0.15, 0.2) is 42.9 Å². The smallest absolute Gasteiger partial charge is 0.303 e. The molecule has 40 heavy (non-hydrogen) atoms. The Morgan fingerprint density at radius 3 is 2.73 bits per heavy atom. The van der Waals surface area contributed by atoms with E-state index in [0.717, 1.165) is 48.2 Å². The second-order valence-corrected chi connectivity index (χ2v) is 9.92. The van der Waals surface area contributed by atoms with Gasteiger partial charge in [-0.1, -0.05) is 23.7 Å². The predicted octanol–water partition coefficient (Wildman–Crippen LogP) is 3.97. The molecule has 12 heteroatoms. The first-order valence-corrected chi connectivity index (χ1v) is 13.3. The highest BCUT2D eigenvalue weighted by Crippen LogP contribution is 2.36. The fraction of sp³-hybridized carbons (Fsp3) is 0.357. The number of aromatic nitrogens is 3. The largest absolute Gasteiger partial charge is 0.493 e. The van der Waals surface area contributed by atoms with Crippen LogP contribution in [0.25, 0.3) is 21.8 Å². The lowest BCUT2D eigenvalue weighted by Gasteiger charge is -2.35. The van der Waals surface area contributed by atoms with Crippen molar-refractivity contribution in [3.05, 3.63) is 47.9 Å². The molecule has 0 aliphatic carbocycles. The quantitative estimate of drug-likeness (QED) is 0.216. The number of methoxy groups -OCH3 is 1. The number of nitrogens with one attached hydrogen (secondary N) is 2. The van der Waals surface area contributed by atoms with E-state index in [0.29, 0.717) is 40.9 Å². The summed E-state index contributed by atoms with van der Waals surface area (Å²) in [4.78, 5) is 28.2. The van der Waals surface area contributed by atoms with Gasteiger partial charge in [0.05, 0.1) is 41.5 Å². The fourth-order valence-electron chi connectivity index (χ4n) is 4.85. The average Bonchev–Trinajstić information content (AvgIpc) is 3.34. The standard InChI is InChI=1S/C28H30ClN7O4/c1-18(37)40-19(15-36-10-8-35(7-6-30)9-11-36)16-39-26-13-24-21(12-25(26)38-2)28(33-17-32-24)34-23-5-3-4-20-22(29)14-31-27(20)23/h3-5,12-14,17,19,31H,7-11,15-16H2,1-2H3,(H,32,33,34). The van der Waals surface area contributed by atoms with Crippen molar-refractivity contribution in [3.8, 4) is 17.6 Å². The molecule has 1 atom stereocenters. The molecule has 2 aromatic heterocycles. The molecule has 4 aromatic rings. The molecular formula is C28H30ClN7O4. The highest BCUT2D eigenvalue weighted by molar-refractivity contribution is 6.36. The molecule has 0 saturated carbocycles. The zero-order chi connectivity index (χ0) is 28.1. The third-order valence-electron chi connectivity index (χ3n) is 6.82. The molecule has 208 valence electrons. The normalized spacial score (nSPS) is 15.1. The molecule has 1 fully saturated rings. The van der Waals surface area contributed by atoms with E-state index in [1.165, 1.54) is 13.3 Å². The first-order chi connectivity index (χ1) is 19.4. The molecule has 0 spiro atoms. The molecule has 2 N–H and O–H groups in total. The summed E-state index contributed by atoms with van der Waals surface area (Å²) < 4.78 is 17.4. The number of carbonyl (C=O) groups excluding carboxylic acids is 1. The van der Waals surface area contributed by atoms with Gasteiger partial charge in [-0.25, -0.2) is 9.97 Å². The summed E-state index contributed by atoms with van der Waals surface area (Å²) in [6.45, 7) is 5.64. The summed E-state index contributed by atoms with van der Waals surface area (Å²) in [6, 6.07) is 11.6. The van der Waals surface area contributed by atoms with Crippen molar-refractivity contribution in [2.75, 3.05) is 58.3 Å². The minimum Gasteiger partial charge on any atom is -0.493 e. The summed E-state index contributed by atoms with van der Waals surface area (Å²) in [5.74, 6) is 1.21. The lowest BCUT2D eigenvalue weighted by atomic mass is 10.2. The Hall–Kier alpha value is -4.11. The Bertz CT molecular complexity index is 1550. The molecule has 1 saturated heterocycles. The Balaban J connectivity index is 1.33. The molecule has 11 nitrogen and oxygen atoms in total. The van der Waals surface area contributed by atoms with E-state index in [9.17, 15) is 4.79 Å². The van der Waals surface area contributed by atoms with Gasteiger partial charge in [0.2, 0.25) is 0 Å². The number of ether oxygens (including phenoxy) is 3. The van der Waals surface area contributed by atoms with Gasteiger partial charge in [0.1, 0.15) is 24.9 Å². The lowest BCUT2D eigenvalue weighted by Crippen LogP contribution is -2.49. The summed E-state index contributed by atoms with van der Waals surface area (Å²) in [6.07, 6.45) is 2.76. The number of hydrogen-bond donors (Lipinski definition) is 2. The number of halogens is 1. The number of anilines is 2. The molecule has 5 rings (SSSR count). The van der Waals surface area contributed by atoms with E-state index in [4.69, 9.17) is 31.1 Å². The highest BCUT2D eigenvalue weighted by atomic mass is 35.5. The second kappa shape index (κ2) is 12.4. The number of piperazine rings is 1. The minimum atomic E-state index is -0.476. The van der Waals surface area contributed by atoms with Gasteiger partial charge in [0, 0.05) is 62.7 Å². The van der Waals surface area contributed by atoms with Crippen LogP contribution in [-0.4, -0.2) is 89.8 Å². The number of aromatic amines is 1. The first-order valence-electron chi connectivity index (χ1n) is 12.9. The van der Waals surface area contributed by atoms with Gasteiger partial charge in [-0.3, -0.25) is 14.6 Å². The first kappa shape index (κ1) is 27.5. The number of benzene rings is 2. The maximum Gasteiger partial charge on any atom is 0.303 e. The monoisotopic (exact) mass is 563 g/mol. The number of nitrogens with zero attached hydrogens (tertiary/aromatic N) is 5. The molecule has 1 aliphatic heterocycles. The molecule has 0 bridgehead atoms. The van der Waals surface area contributed by atoms with Crippen LogP contribution in [-0.2, 0) is 9.53 Å². The molecule has 3 heterocycles. The van der Waals surface area contributed by atoms with Crippen molar-refractivity contribution < 1.29 is 19.0 Å². The molecule has 1 aliphatic rings. The van der Waals surface area contributed by atoms with E-state index in [1.54, 1.807) is 19.4 Å². The van der Waals surface area contributed by atoms with Crippen molar-refractivity contribution in [2.24, 2.45) is 0 Å². The third kappa shape index (κ3) is 6.20. The van der Waals surface area contributed by atoms with Gasteiger partial charge in [-0.15, -0.1) is 0 Å². The number of H-pyrrole nitrogens is 1. The molecule has 0 radical (unpaired) electrons. The van der Waals surface area contributed by atoms with Gasteiger partial charge in [-0.05, 0) is 12.1 Å². The minimum absolute atomic E-state index is 0.144. The van der Waals surface area contributed by atoms with Crippen molar-refractivity contribution in [1.29, 1.82) is 5.26 Å². The second-order valence-electron chi connectivity index (χ2n) is 9.51. The van der Waals surface area contributed by atoms with Crippen molar-refractivity contribution >= 4 is 50.9 Å². The van der Waals surface area contributed by atoms with Crippen LogP contribution < -0.4 is 14.8 Å². The van der Waals surface area contributed by atoms with E-state index >= 15 is 0 Å². The SMILES string of the molecule is COc1cc2c(Nc3cccc4c(Cl)c[nH]c34)ncnc2cc1OCC(CN1CCN(CC#N)CC1)OC(C)=O. The van der Waals surface area contributed by atoms with Crippen LogP contribution in [0.4, 0.5) is 11.5 Å².